The van der Waals surface area contributed by atoms with Crippen LogP contribution in [0.1, 0.15) is 16.2 Å². The van der Waals surface area contributed by atoms with E-state index in [-0.39, 0.29) is 26.0 Å². The van der Waals surface area contributed by atoms with E-state index in [9.17, 15) is 26.7 Å². The summed E-state index contributed by atoms with van der Waals surface area (Å²) < 4.78 is 73.5. The molecule has 0 radical (unpaired) electrons. The van der Waals surface area contributed by atoms with Gasteiger partial charge in [0.25, 0.3) is 5.91 Å². The largest absolute Gasteiger partial charge is 0.463 e. The van der Waals surface area contributed by atoms with Gasteiger partial charge in [0.1, 0.15) is 11.5 Å². The van der Waals surface area contributed by atoms with Crippen molar-refractivity contribution < 1.29 is 31.2 Å². The summed E-state index contributed by atoms with van der Waals surface area (Å²) in [7, 11) is 0. The van der Waals surface area contributed by atoms with E-state index in [1.807, 2.05) is 0 Å². The number of halogens is 7. The quantitative estimate of drug-likeness (QED) is 0.306. The second-order valence-electron chi connectivity index (χ2n) is 6.10. The Morgan fingerprint density at radius 3 is 2.52 bits per heavy atom. The molecule has 0 aliphatic rings. The fraction of sp³-hybridized carbons (Fsp3) is 0.0556. The van der Waals surface area contributed by atoms with Crippen LogP contribution in [0.25, 0.3) is 17.1 Å². The minimum atomic E-state index is -4.84. The summed E-state index contributed by atoms with van der Waals surface area (Å²) in [5.74, 6) is -2.95. The number of nitrogens with one attached hydrogen (secondary N) is 1. The van der Waals surface area contributed by atoms with E-state index in [2.05, 4.69) is 47.3 Å². The molecule has 0 fully saturated rings. The molecule has 31 heavy (non-hydrogen) atoms. The molecule has 13 heteroatoms. The Bertz CT molecular complexity index is 1300. The molecule has 0 unspecified atom stereocenters. The van der Waals surface area contributed by atoms with E-state index in [4.69, 9.17) is 4.42 Å². The van der Waals surface area contributed by atoms with Crippen molar-refractivity contribution in [3.63, 3.8) is 0 Å². The minimum absolute atomic E-state index is 0.0735. The van der Waals surface area contributed by atoms with Crippen LogP contribution in [0.4, 0.5) is 27.6 Å². The van der Waals surface area contributed by atoms with Crippen LogP contribution < -0.4 is 5.32 Å². The molecule has 3 heterocycles. The number of anilines is 1. The number of alkyl halides is 3. The van der Waals surface area contributed by atoms with Gasteiger partial charge in [0.05, 0.1) is 16.4 Å². The van der Waals surface area contributed by atoms with Crippen molar-refractivity contribution in [3.8, 4) is 11.5 Å². The molecule has 0 aliphatic heterocycles. The lowest BCUT2D eigenvalue weighted by atomic mass is 10.2. The summed E-state index contributed by atoms with van der Waals surface area (Å²) in [5.41, 5.74) is -2.56. The number of fused-ring (bicyclic) bond motifs is 1. The number of carbonyl (C=O) groups excluding carboxylic acids is 1. The van der Waals surface area contributed by atoms with Crippen LogP contribution in [0.2, 0.25) is 0 Å². The minimum Gasteiger partial charge on any atom is -0.463 e. The van der Waals surface area contributed by atoms with Crippen LogP contribution in [0, 0.1) is 11.6 Å². The van der Waals surface area contributed by atoms with Gasteiger partial charge in [-0.05, 0) is 56.1 Å². The lowest BCUT2D eigenvalue weighted by molar-refractivity contribution is -0.142. The molecule has 0 spiro atoms. The first kappa shape index (κ1) is 21.4. The number of amides is 1. The lowest BCUT2D eigenvalue weighted by Gasteiger charge is -2.10. The van der Waals surface area contributed by atoms with Crippen molar-refractivity contribution in [1.82, 2.24) is 14.6 Å². The topological polar surface area (TPSA) is 72.4 Å². The highest BCUT2D eigenvalue weighted by atomic mass is 79.9. The van der Waals surface area contributed by atoms with Crippen molar-refractivity contribution >= 4 is 49.1 Å². The molecule has 0 atom stereocenters. The standard InChI is InChI=1S/C18H7Br2F5N4O2/c19-8-4-7(21)5-9(22)14(8)27-17(30)15-13(20)16-26-10(11-2-1-3-31-11)6-12(18(23,24)25)29(16)28-15/h1-6H,(H,27,30). The number of hydrogen-bond acceptors (Lipinski definition) is 4. The molecule has 1 N–H and O–H groups in total. The number of nitrogens with zero attached hydrogens (tertiary/aromatic N) is 3. The number of benzene rings is 1. The molecule has 0 aliphatic carbocycles. The second-order valence-corrected chi connectivity index (χ2v) is 7.75. The third-order valence-corrected chi connectivity index (χ3v) is 5.41. The Morgan fingerprint density at radius 2 is 1.90 bits per heavy atom. The summed E-state index contributed by atoms with van der Waals surface area (Å²) >= 11 is 5.96. The molecular formula is C18H7Br2F5N4O2. The third-order valence-electron chi connectivity index (χ3n) is 4.06. The van der Waals surface area contributed by atoms with Gasteiger partial charge < -0.3 is 9.73 Å². The Kier molecular flexibility index (Phi) is 5.33. The van der Waals surface area contributed by atoms with E-state index in [0.29, 0.717) is 10.6 Å². The van der Waals surface area contributed by atoms with Crippen LogP contribution >= 0.6 is 31.9 Å². The van der Waals surface area contributed by atoms with Crippen molar-refractivity contribution in [2.75, 3.05) is 5.32 Å². The fourth-order valence-electron chi connectivity index (χ4n) is 2.72. The van der Waals surface area contributed by atoms with Gasteiger partial charge in [-0.25, -0.2) is 18.3 Å². The molecule has 1 amide bonds. The molecular weight excluding hydrogens is 559 g/mol. The first-order chi connectivity index (χ1) is 14.6. The number of aromatic nitrogens is 3. The molecule has 3 aromatic heterocycles. The number of hydrogen-bond donors (Lipinski definition) is 1. The third kappa shape index (κ3) is 3.94. The molecule has 1 aromatic carbocycles. The first-order valence-electron chi connectivity index (χ1n) is 8.22. The molecule has 4 rings (SSSR count). The summed E-state index contributed by atoms with van der Waals surface area (Å²) in [6, 6.07) is 5.08. The summed E-state index contributed by atoms with van der Waals surface area (Å²) in [5, 5.41) is 5.87. The van der Waals surface area contributed by atoms with Crippen LogP contribution in [0.5, 0.6) is 0 Å². The SMILES string of the molecule is O=C(Nc1c(F)cc(F)cc1Br)c1nn2c(C(F)(F)F)cc(-c3ccco3)nc2c1Br. The second kappa shape index (κ2) is 7.71. The molecule has 0 saturated carbocycles. The van der Waals surface area contributed by atoms with E-state index in [1.165, 1.54) is 18.4 Å². The summed E-state index contributed by atoms with van der Waals surface area (Å²) in [6.45, 7) is 0. The van der Waals surface area contributed by atoms with Crippen molar-refractivity contribution in [3.05, 3.63) is 68.6 Å². The maximum absolute atomic E-state index is 14.0. The molecule has 6 nitrogen and oxygen atoms in total. The highest BCUT2D eigenvalue weighted by Gasteiger charge is 2.37. The van der Waals surface area contributed by atoms with Gasteiger partial charge in [-0.1, -0.05) is 0 Å². The van der Waals surface area contributed by atoms with Crippen LogP contribution in [0.3, 0.4) is 0 Å². The average Bonchev–Trinajstić information content (AvgIpc) is 3.31. The van der Waals surface area contributed by atoms with Crippen LogP contribution in [-0.4, -0.2) is 20.5 Å². The number of carbonyl (C=O) groups is 1. The monoisotopic (exact) mass is 564 g/mol. The summed E-state index contributed by atoms with van der Waals surface area (Å²) in [6.07, 6.45) is -3.57. The molecule has 0 saturated heterocycles. The maximum atomic E-state index is 14.0. The lowest BCUT2D eigenvalue weighted by Crippen LogP contribution is -2.16. The normalized spacial score (nSPS) is 11.8. The van der Waals surface area contributed by atoms with Gasteiger partial charge in [0, 0.05) is 10.5 Å². The Balaban J connectivity index is 1.85. The average molecular weight is 566 g/mol. The Hall–Kier alpha value is -2.80. The van der Waals surface area contributed by atoms with Crippen molar-refractivity contribution in [1.29, 1.82) is 0 Å². The predicted octanol–water partition coefficient (Wildman–Crippen LogP) is 6.06. The van der Waals surface area contributed by atoms with Gasteiger partial charge in [-0.3, -0.25) is 4.79 Å². The molecule has 4 aromatic rings. The van der Waals surface area contributed by atoms with E-state index in [0.717, 1.165) is 12.1 Å². The maximum Gasteiger partial charge on any atom is 0.433 e. The Morgan fingerprint density at radius 1 is 1.16 bits per heavy atom. The van der Waals surface area contributed by atoms with Gasteiger partial charge in [-0.2, -0.15) is 18.3 Å². The number of rotatable bonds is 3. The van der Waals surface area contributed by atoms with Crippen molar-refractivity contribution in [2.24, 2.45) is 0 Å². The van der Waals surface area contributed by atoms with Gasteiger partial charge in [0.2, 0.25) is 0 Å². The zero-order valence-electron chi connectivity index (χ0n) is 14.8. The highest BCUT2D eigenvalue weighted by molar-refractivity contribution is 9.11. The van der Waals surface area contributed by atoms with Crippen LogP contribution in [-0.2, 0) is 6.18 Å². The molecule has 160 valence electrons. The zero-order chi connectivity index (χ0) is 22.5. The predicted molar refractivity (Wildman–Crippen MR) is 105 cm³/mol. The first-order valence-corrected chi connectivity index (χ1v) is 9.81. The molecule has 0 bridgehead atoms. The zero-order valence-corrected chi connectivity index (χ0v) is 17.9. The fourth-order valence-corrected chi connectivity index (χ4v) is 3.75. The van der Waals surface area contributed by atoms with Gasteiger partial charge in [-0.15, -0.1) is 0 Å². The van der Waals surface area contributed by atoms with Gasteiger partial charge >= 0.3 is 6.18 Å². The van der Waals surface area contributed by atoms with E-state index in [1.54, 1.807) is 0 Å². The van der Waals surface area contributed by atoms with Crippen molar-refractivity contribution in [2.45, 2.75) is 6.18 Å². The van der Waals surface area contributed by atoms with Crippen LogP contribution in [0.15, 0.2) is 50.0 Å². The smallest absolute Gasteiger partial charge is 0.433 e. The highest BCUT2D eigenvalue weighted by Crippen LogP contribution is 2.35. The number of furan rings is 1. The summed E-state index contributed by atoms with van der Waals surface area (Å²) in [4.78, 5) is 16.7. The van der Waals surface area contributed by atoms with E-state index >= 15 is 0 Å². The van der Waals surface area contributed by atoms with Gasteiger partial charge in [0.15, 0.2) is 28.6 Å². The van der Waals surface area contributed by atoms with E-state index < -0.39 is 40.8 Å². The Labute approximate surface area is 186 Å².